The Morgan fingerprint density at radius 2 is 0.548 bits per heavy atom. The fourth-order valence-electron chi connectivity index (χ4n) is 7.83. The highest BCUT2D eigenvalue weighted by Gasteiger charge is 2.52. The van der Waals surface area contributed by atoms with E-state index < -0.39 is 190 Å². The number of rotatable bonds is 41. The van der Waals surface area contributed by atoms with Crippen molar-refractivity contribution in [2.24, 2.45) is 0 Å². The van der Waals surface area contributed by atoms with Crippen molar-refractivity contribution in [3.8, 4) is 0 Å². The average molecular weight is 1370 g/mol. The number of nitrogens with one attached hydrogen (secondary N) is 6. The van der Waals surface area contributed by atoms with E-state index in [0.717, 1.165) is 0 Å². The van der Waals surface area contributed by atoms with Gasteiger partial charge in [0.25, 0.3) is 0 Å². The molecule has 0 heterocycles. The van der Waals surface area contributed by atoms with E-state index in [1.54, 1.807) is 13.1 Å². The second kappa shape index (κ2) is 36.2. The van der Waals surface area contributed by atoms with Crippen molar-refractivity contribution in [1.82, 2.24) is 31.9 Å². The molecule has 0 saturated heterocycles. The third-order valence-electron chi connectivity index (χ3n) is 11.0. The molecule has 0 saturated carbocycles. The Morgan fingerprint density at radius 3 is 0.821 bits per heavy atom. The first-order valence-corrected chi connectivity index (χ1v) is 41.1. The molecule has 18 nitrogen and oxygen atoms in total. The molecule has 0 aliphatic carbocycles. The molecule has 0 bridgehead atoms. The molecule has 6 unspecified atom stereocenters. The van der Waals surface area contributed by atoms with Crippen LogP contribution in [0.25, 0.3) is 0 Å². The molecular weight excluding hydrogens is 1290 g/mol. The zero-order valence-electron chi connectivity index (χ0n) is 46.8. The van der Waals surface area contributed by atoms with Gasteiger partial charge in [0.15, 0.2) is 9.04 Å². The lowest BCUT2D eigenvalue weighted by atomic mass is 10.4. The second-order valence-corrected chi connectivity index (χ2v) is 39.5. The lowest BCUT2D eigenvalue weighted by Crippen LogP contribution is -2.61. The molecule has 0 spiro atoms. The predicted octanol–water partition coefficient (Wildman–Crippen LogP) is 8.75. The third-order valence-corrected chi connectivity index (χ3v) is 33.6. The van der Waals surface area contributed by atoms with Crippen molar-refractivity contribution in [3.63, 3.8) is 0 Å². The molecule has 0 aromatic rings. The van der Waals surface area contributed by atoms with Crippen LogP contribution in [0.15, 0.2) is 0 Å². The molecule has 6 amide bonds. The summed E-state index contributed by atoms with van der Waals surface area (Å²) in [4.78, 5) is 72.2. The summed E-state index contributed by atoms with van der Waals surface area (Å²) in [6, 6.07) is -0.686. The molecule has 0 fully saturated rings. The standard InChI is InChI=1S/C42H74F18N6O12Si6/c1-79(19-7-13-61-31(67)25-37(43,44)45)73-74-81(3,21-9-15-63-33(69)27-39(49,50)51)76-83(5,23-11-17-65-35(71)29-41(55,56)57)78-84(6,24-12-18-66-36(72)30-42(58,59)60)77-82(4,22-10-16-64-34(70)28-40(52,53)54)75-80(2)20-8-14-62-32(68)26-38(46,47)48/h79-80H,7-30H2,1-6H3,(H,61,67)(H,62,68)(H,63,69)(H,64,70)(H,65,71)(H,66,72). The third kappa shape index (κ3) is 45.9. The number of halogens is 18. The van der Waals surface area contributed by atoms with Crippen LogP contribution in [-0.2, 0) is 54.4 Å². The van der Waals surface area contributed by atoms with Gasteiger partial charge in [-0.3, -0.25) is 37.9 Å². The number of hydrogen-bond donors (Lipinski definition) is 6. The number of carbonyl (C=O) groups is 6. The molecule has 0 rings (SSSR count). The minimum atomic E-state index is -4.92. The van der Waals surface area contributed by atoms with Crippen molar-refractivity contribution in [3.05, 3.63) is 0 Å². The molecule has 42 heteroatoms. The van der Waals surface area contributed by atoms with Crippen LogP contribution >= 0.6 is 0 Å². The van der Waals surface area contributed by atoms with E-state index in [0.29, 0.717) is 0 Å². The van der Waals surface area contributed by atoms with Gasteiger partial charge in [-0.25, -0.2) is 0 Å². The lowest BCUT2D eigenvalue weighted by Gasteiger charge is -2.45. The SMILES string of the molecule is C[SiH](CCCNC(=O)CC(F)(F)F)OO[Si](C)(CCCNC(=O)CC(F)(F)F)O[Si](C)(CCCNC(=O)CC(F)(F)F)O[Si](C)(CCCNC(=O)CC(F)(F)F)O[Si](C)(CCCNC(=O)CC(F)(F)F)O[SiH](C)CCCNC(=O)CC(F)(F)F. The van der Waals surface area contributed by atoms with Gasteiger partial charge in [0, 0.05) is 39.3 Å². The Bertz CT molecular complexity index is 2040. The van der Waals surface area contributed by atoms with Crippen LogP contribution in [0.5, 0.6) is 0 Å². The van der Waals surface area contributed by atoms with Gasteiger partial charge in [0.1, 0.15) is 38.5 Å². The van der Waals surface area contributed by atoms with Gasteiger partial charge < -0.3 is 48.4 Å². The zero-order chi connectivity index (χ0) is 65.1. The molecule has 0 radical (unpaired) electrons. The Hall–Kier alpha value is -3.38. The van der Waals surface area contributed by atoms with E-state index in [4.69, 9.17) is 25.6 Å². The summed E-state index contributed by atoms with van der Waals surface area (Å²) in [7, 11) is -21.7. The first kappa shape index (κ1) is 80.6. The Balaban J connectivity index is 7.60. The fraction of sp³-hybridized carbons (Fsp3) is 0.857. The van der Waals surface area contributed by atoms with E-state index >= 15 is 0 Å². The maximum atomic E-state index is 13.1. The summed E-state index contributed by atoms with van der Waals surface area (Å²) in [5.41, 5.74) is 0. The van der Waals surface area contributed by atoms with Gasteiger partial charge in [0.05, 0.1) is 0 Å². The first-order chi connectivity index (χ1) is 38.0. The van der Waals surface area contributed by atoms with Crippen LogP contribution in [0.1, 0.15) is 77.0 Å². The molecule has 6 atom stereocenters. The van der Waals surface area contributed by atoms with Gasteiger partial charge in [-0.05, 0) is 114 Å². The van der Waals surface area contributed by atoms with Crippen molar-refractivity contribution >= 4 is 87.8 Å². The van der Waals surface area contributed by atoms with E-state index in [-0.39, 0.29) is 87.9 Å². The first-order valence-electron chi connectivity index (χ1n) is 26.1. The highest BCUT2D eigenvalue weighted by molar-refractivity contribution is 6.89. The van der Waals surface area contributed by atoms with Gasteiger partial charge in [-0.15, -0.1) is 0 Å². The maximum absolute atomic E-state index is 13.1. The summed E-state index contributed by atoms with van der Waals surface area (Å²) in [5.74, 6) is -8.34. The second-order valence-electron chi connectivity index (χ2n) is 20.3. The highest BCUT2D eigenvalue weighted by atomic mass is 28.5. The van der Waals surface area contributed by atoms with Gasteiger partial charge in [-0.2, -0.15) is 79.0 Å². The van der Waals surface area contributed by atoms with Crippen LogP contribution in [0.3, 0.4) is 0 Å². The van der Waals surface area contributed by atoms with Gasteiger partial charge in [-0.1, -0.05) is 0 Å². The number of hydrogen-bond acceptors (Lipinski definition) is 12. The molecule has 494 valence electrons. The number of carbonyl (C=O) groups excluding carboxylic acids is 6. The summed E-state index contributed by atoms with van der Waals surface area (Å²) in [5, 5.41) is 12.6. The van der Waals surface area contributed by atoms with Crippen molar-refractivity contribution < 1.29 is 133 Å². The fourth-order valence-corrected chi connectivity index (χ4v) is 33.9. The Kier molecular flexibility index (Phi) is 34.7. The van der Waals surface area contributed by atoms with E-state index in [9.17, 15) is 108 Å². The summed E-state index contributed by atoms with van der Waals surface area (Å²) in [6.45, 7) is 6.66. The van der Waals surface area contributed by atoms with Crippen LogP contribution in [0, 0.1) is 0 Å². The molecule has 0 aromatic heterocycles. The highest BCUT2D eigenvalue weighted by Crippen LogP contribution is 2.35. The van der Waals surface area contributed by atoms with Crippen LogP contribution in [-0.4, -0.2) is 164 Å². The van der Waals surface area contributed by atoms with Gasteiger partial charge in [0.2, 0.25) is 44.5 Å². The van der Waals surface area contributed by atoms with Crippen LogP contribution in [0.2, 0.25) is 75.5 Å². The predicted molar refractivity (Wildman–Crippen MR) is 278 cm³/mol. The molecule has 84 heavy (non-hydrogen) atoms. The van der Waals surface area contributed by atoms with Crippen molar-refractivity contribution in [2.75, 3.05) is 39.3 Å². The number of alkyl halides is 18. The summed E-state index contributed by atoms with van der Waals surface area (Å²) >= 11 is 0. The normalized spacial score (nSPS) is 16.4. The lowest BCUT2D eigenvalue weighted by molar-refractivity contribution is -0.155. The summed E-state index contributed by atoms with van der Waals surface area (Å²) < 4.78 is 272. The Morgan fingerprint density at radius 1 is 0.333 bits per heavy atom. The summed E-state index contributed by atoms with van der Waals surface area (Å²) in [6.07, 6.45) is -40.8. The quantitative estimate of drug-likeness (QED) is 0.0111. The Labute approximate surface area is 480 Å². The minimum Gasteiger partial charge on any atom is -0.439 e. The minimum absolute atomic E-state index is 0.0629. The van der Waals surface area contributed by atoms with E-state index in [2.05, 4.69) is 31.9 Å². The zero-order valence-corrected chi connectivity index (χ0v) is 53.1. The monoisotopic (exact) mass is 1360 g/mol. The van der Waals surface area contributed by atoms with Crippen molar-refractivity contribution in [1.29, 1.82) is 0 Å². The largest absolute Gasteiger partial charge is 0.439 e. The molecule has 0 aliphatic heterocycles. The maximum Gasteiger partial charge on any atom is 0.397 e. The molecule has 6 N–H and O–H groups in total. The molecular formula is C42H74F18N6O12Si6. The van der Waals surface area contributed by atoms with E-state index in [1.807, 2.05) is 0 Å². The van der Waals surface area contributed by atoms with Crippen LogP contribution < -0.4 is 31.9 Å². The van der Waals surface area contributed by atoms with Crippen molar-refractivity contribution in [2.45, 2.75) is 190 Å². The van der Waals surface area contributed by atoms with Gasteiger partial charge >= 0.3 is 71.3 Å². The molecule has 0 aliphatic rings. The smallest absolute Gasteiger partial charge is 0.397 e. The van der Waals surface area contributed by atoms with Crippen LogP contribution in [0.4, 0.5) is 79.0 Å². The van der Waals surface area contributed by atoms with E-state index in [1.165, 1.54) is 26.2 Å². The molecule has 0 aromatic carbocycles. The average Bonchev–Trinajstić information content (AvgIpc) is 3.41. The number of amides is 6. The topological polar surface area (TPSA) is 230 Å².